The Morgan fingerprint density at radius 1 is 1.24 bits per heavy atom. The van der Waals surface area contributed by atoms with E-state index in [9.17, 15) is 4.79 Å². The monoisotopic (exact) mass is 321 g/mol. The van der Waals surface area contributed by atoms with Gasteiger partial charge in [-0.15, -0.1) is 10.2 Å². The van der Waals surface area contributed by atoms with Crippen LogP contribution in [0.1, 0.15) is 43.6 Å². The number of benzene rings is 1. The zero-order chi connectivity index (χ0) is 15.6. The number of hydrogen-bond acceptors (Lipinski definition) is 6. The average molecular weight is 321 g/mol. The molecule has 0 aliphatic rings. The molecule has 112 valence electrons. The molecule has 0 aliphatic carbocycles. The van der Waals surface area contributed by atoms with Crippen LogP contribution in [0.25, 0.3) is 0 Å². The van der Waals surface area contributed by atoms with Crippen LogP contribution in [0.3, 0.4) is 0 Å². The first-order valence-corrected chi connectivity index (χ1v) is 8.37. The second-order valence-corrected chi connectivity index (χ2v) is 8.45. The van der Waals surface area contributed by atoms with Gasteiger partial charge in [0.05, 0.1) is 5.25 Å². The molecule has 2 N–H and O–H groups in total. The lowest BCUT2D eigenvalue weighted by Gasteiger charge is -2.19. The lowest BCUT2D eigenvalue weighted by atomic mass is 9.86. The summed E-state index contributed by atoms with van der Waals surface area (Å²) in [5.41, 5.74) is 7.58. The second-order valence-electron chi connectivity index (χ2n) is 5.86. The van der Waals surface area contributed by atoms with Crippen molar-refractivity contribution in [2.75, 3.05) is 5.73 Å². The van der Waals surface area contributed by atoms with E-state index in [0.717, 1.165) is 9.90 Å². The Hall–Kier alpha value is -1.40. The van der Waals surface area contributed by atoms with Crippen LogP contribution in [0.4, 0.5) is 5.13 Å². The van der Waals surface area contributed by atoms with Crippen LogP contribution < -0.4 is 5.73 Å². The topological polar surface area (TPSA) is 68.9 Å². The molecule has 21 heavy (non-hydrogen) atoms. The number of carbonyl (C=O) groups is 1. The highest BCUT2D eigenvalue weighted by molar-refractivity contribution is 8.02. The fourth-order valence-electron chi connectivity index (χ4n) is 1.84. The minimum atomic E-state index is -0.210. The highest BCUT2D eigenvalue weighted by Crippen LogP contribution is 2.29. The van der Waals surface area contributed by atoms with E-state index in [1.165, 1.54) is 28.7 Å². The molecule has 2 aromatic rings. The van der Waals surface area contributed by atoms with Gasteiger partial charge in [-0.25, -0.2) is 0 Å². The summed E-state index contributed by atoms with van der Waals surface area (Å²) >= 11 is 2.69. The predicted octanol–water partition coefficient (Wildman–Crippen LogP) is 3.78. The van der Waals surface area contributed by atoms with Crippen molar-refractivity contribution in [3.05, 3.63) is 35.4 Å². The fraction of sp³-hybridized carbons (Fsp3) is 0.400. The highest BCUT2D eigenvalue weighted by Gasteiger charge is 2.20. The molecule has 0 aliphatic heterocycles. The van der Waals surface area contributed by atoms with Gasteiger partial charge in [0.25, 0.3) is 0 Å². The summed E-state index contributed by atoms with van der Waals surface area (Å²) in [4.78, 5) is 12.4. The molecule has 1 aromatic carbocycles. The molecule has 0 saturated heterocycles. The minimum Gasteiger partial charge on any atom is -0.374 e. The van der Waals surface area contributed by atoms with Crippen molar-refractivity contribution in [2.45, 2.75) is 42.7 Å². The lowest BCUT2D eigenvalue weighted by molar-refractivity contribution is 0.0994. The number of nitrogens with zero attached hydrogens (tertiary/aromatic N) is 2. The number of rotatable bonds is 4. The van der Waals surface area contributed by atoms with Crippen LogP contribution in [0.2, 0.25) is 0 Å². The van der Waals surface area contributed by atoms with E-state index < -0.39 is 0 Å². The number of thioether (sulfide) groups is 1. The number of nitrogen functional groups attached to an aromatic ring is 1. The van der Waals surface area contributed by atoms with Gasteiger partial charge in [0.15, 0.2) is 10.1 Å². The molecule has 0 radical (unpaired) electrons. The molecule has 6 heteroatoms. The van der Waals surface area contributed by atoms with Crippen molar-refractivity contribution in [1.29, 1.82) is 0 Å². The molecule has 0 spiro atoms. The lowest BCUT2D eigenvalue weighted by Crippen LogP contribution is -2.15. The maximum atomic E-state index is 12.4. The summed E-state index contributed by atoms with van der Waals surface area (Å²) in [7, 11) is 0. The SMILES string of the molecule is C[C@H](Sc1nnc(N)s1)C(=O)c1ccc(C(C)(C)C)cc1. The van der Waals surface area contributed by atoms with E-state index in [2.05, 4.69) is 31.0 Å². The summed E-state index contributed by atoms with van der Waals surface area (Å²) in [6, 6.07) is 7.84. The average Bonchev–Trinajstić information content (AvgIpc) is 2.82. The highest BCUT2D eigenvalue weighted by atomic mass is 32.2. The number of hydrogen-bond donors (Lipinski definition) is 1. The first-order valence-electron chi connectivity index (χ1n) is 6.68. The van der Waals surface area contributed by atoms with Gasteiger partial charge >= 0.3 is 0 Å². The summed E-state index contributed by atoms with van der Waals surface area (Å²) in [5, 5.41) is 7.90. The van der Waals surface area contributed by atoms with Crippen molar-refractivity contribution in [3.63, 3.8) is 0 Å². The summed E-state index contributed by atoms with van der Waals surface area (Å²) in [6.07, 6.45) is 0. The van der Waals surface area contributed by atoms with E-state index in [4.69, 9.17) is 5.73 Å². The Bertz CT molecular complexity index is 629. The molecule has 4 nitrogen and oxygen atoms in total. The van der Waals surface area contributed by atoms with Crippen LogP contribution in [0.5, 0.6) is 0 Å². The summed E-state index contributed by atoms with van der Waals surface area (Å²) in [5.74, 6) is 0.0919. The number of aromatic nitrogens is 2. The third kappa shape index (κ3) is 4.04. The number of carbonyl (C=O) groups excluding carboxylic acids is 1. The molecule has 0 amide bonds. The van der Waals surface area contributed by atoms with Gasteiger partial charge in [-0.1, -0.05) is 68.1 Å². The van der Waals surface area contributed by atoms with Crippen molar-refractivity contribution in [3.8, 4) is 0 Å². The molecular formula is C15H19N3OS2. The Labute approximate surface area is 133 Å². The fourth-order valence-corrected chi connectivity index (χ4v) is 3.70. The van der Waals surface area contributed by atoms with E-state index in [1.807, 2.05) is 31.2 Å². The van der Waals surface area contributed by atoms with Gasteiger partial charge in [0, 0.05) is 5.56 Å². The Morgan fingerprint density at radius 3 is 2.33 bits per heavy atom. The summed E-state index contributed by atoms with van der Waals surface area (Å²) < 4.78 is 0.722. The molecule has 1 heterocycles. The smallest absolute Gasteiger partial charge is 0.203 e. The van der Waals surface area contributed by atoms with E-state index in [1.54, 1.807) is 0 Å². The Kier molecular flexibility index (Phi) is 4.68. The Balaban J connectivity index is 2.08. The zero-order valence-electron chi connectivity index (χ0n) is 12.6. The first-order chi connectivity index (χ1) is 9.77. The Morgan fingerprint density at radius 2 is 1.86 bits per heavy atom. The maximum absolute atomic E-state index is 12.4. The van der Waals surface area contributed by atoms with Crippen molar-refractivity contribution in [2.24, 2.45) is 0 Å². The molecule has 0 saturated carbocycles. The van der Waals surface area contributed by atoms with Crippen molar-refractivity contribution in [1.82, 2.24) is 10.2 Å². The molecular weight excluding hydrogens is 302 g/mol. The van der Waals surface area contributed by atoms with Crippen LogP contribution >= 0.6 is 23.1 Å². The van der Waals surface area contributed by atoms with Gasteiger partial charge in [0.2, 0.25) is 5.13 Å². The van der Waals surface area contributed by atoms with E-state index in [0.29, 0.717) is 5.13 Å². The summed E-state index contributed by atoms with van der Waals surface area (Å²) in [6.45, 7) is 8.34. The minimum absolute atomic E-state index is 0.0893. The quantitative estimate of drug-likeness (QED) is 0.685. The third-order valence-corrected chi connectivity index (χ3v) is 5.04. The van der Waals surface area contributed by atoms with Crippen LogP contribution in [0.15, 0.2) is 28.6 Å². The van der Waals surface area contributed by atoms with Gasteiger partial charge < -0.3 is 5.73 Å². The van der Waals surface area contributed by atoms with Gasteiger partial charge in [-0.3, -0.25) is 4.79 Å². The van der Waals surface area contributed by atoms with Gasteiger partial charge in [-0.2, -0.15) is 0 Å². The molecule has 0 fully saturated rings. The van der Waals surface area contributed by atoms with Gasteiger partial charge in [0.1, 0.15) is 0 Å². The molecule has 0 bridgehead atoms. The largest absolute Gasteiger partial charge is 0.374 e. The third-order valence-electron chi connectivity index (χ3n) is 3.10. The standard InChI is InChI=1S/C15H19N3OS2/c1-9(20-14-18-17-13(16)21-14)12(19)10-5-7-11(8-6-10)15(2,3)4/h5-9H,1-4H3,(H2,16,17)/t9-/m0/s1. The number of Topliss-reactive ketones (excluding diaryl/α,β-unsaturated/α-hetero) is 1. The molecule has 1 aromatic heterocycles. The zero-order valence-corrected chi connectivity index (χ0v) is 14.2. The number of anilines is 1. The maximum Gasteiger partial charge on any atom is 0.203 e. The van der Waals surface area contributed by atoms with Crippen LogP contribution in [0, 0.1) is 0 Å². The normalized spacial score (nSPS) is 13.1. The van der Waals surface area contributed by atoms with Crippen LogP contribution in [-0.2, 0) is 5.41 Å². The van der Waals surface area contributed by atoms with Crippen molar-refractivity contribution < 1.29 is 4.79 Å². The second kappa shape index (κ2) is 6.15. The number of ketones is 1. The van der Waals surface area contributed by atoms with Crippen molar-refractivity contribution >= 4 is 34.0 Å². The van der Waals surface area contributed by atoms with E-state index in [-0.39, 0.29) is 16.4 Å². The predicted molar refractivity (Wildman–Crippen MR) is 89.1 cm³/mol. The number of nitrogens with two attached hydrogens (primary N) is 1. The molecule has 2 rings (SSSR count). The van der Waals surface area contributed by atoms with Crippen LogP contribution in [-0.4, -0.2) is 21.2 Å². The first kappa shape index (κ1) is 16.0. The molecule has 0 unspecified atom stereocenters. The van der Waals surface area contributed by atoms with Gasteiger partial charge in [-0.05, 0) is 17.9 Å². The van der Waals surface area contributed by atoms with E-state index >= 15 is 0 Å². The molecule has 1 atom stereocenters.